The lowest BCUT2D eigenvalue weighted by Gasteiger charge is -2.37. The molecule has 0 fully saturated rings. The molecule has 166 valence electrons. The van der Waals surface area contributed by atoms with Crippen LogP contribution in [0.15, 0.2) is 91.0 Å². The second kappa shape index (κ2) is 10.7. The summed E-state index contributed by atoms with van der Waals surface area (Å²) in [6.07, 6.45) is 0.659. The first-order chi connectivity index (χ1) is 15.5. The van der Waals surface area contributed by atoms with Gasteiger partial charge >= 0.3 is 5.97 Å². The molecular formula is C27H30N2O3. The van der Waals surface area contributed by atoms with E-state index in [1.807, 2.05) is 105 Å². The van der Waals surface area contributed by atoms with Crippen LogP contribution in [-0.2, 0) is 15.1 Å². The minimum absolute atomic E-state index is 0.0428. The largest absolute Gasteiger partial charge is 0.480 e. The molecule has 5 nitrogen and oxygen atoms in total. The third-order valence-corrected chi connectivity index (χ3v) is 5.93. The number of carboxylic acid groups (broad SMARTS) is 1. The van der Waals surface area contributed by atoms with Crippen LogP contribution in [0, 0.1) is 5.92 Å². The Morgan fingerprint density at radius 1 is 0.812 bits per heavy atom. The quantitative estimate of drug-likeness (QED) is 0.422. The third kappa shape index (κ3) is 5.06. The maximum atomic E-state index is 12.9. The van der Waals surface area contributed by atoms with Crippen LogP contribution in [0.2, 0.25) is 0 Å². The van der Waals surface area contributed by atoms with Crippen LogP contribution in [0.25, 0.3) is 0 Å². The van der Waals surface area contributed by atoms with Gasteiger partial charge in [-0.15, -0.1) is 0 Å². The van der Waals surface area contributed by atoms with Gasteiger partial charge < -0.3 is 10.4 Å². The molecule has 0 heterocycles. The van der Waals surface area contributed by atoms with Gasteiger partial charge in [0.2, 0.25) is 5.91 Å². The molecule has 5 heteroatoms. The van der Waals surface area contributed by atoms with Crippen LogP contribution in [-0.4, -0.2) is 29.6 Å². The van der Waals surface area contributed by atoms with Gasteiger partial charge in [-0.2, -0.15) is 0 Å². The van der Waals surface area contributed by atoms with Crippen LogP contribution in [0.4, 0.5) is 0 Å². The Morgan fingerprint density at radius 3 is 1.56 bits per heavy atom. The summed E-state index contributed by atoms with van der Waals surface area (Å²) in [5.74, 6) is -1.54. The van der Waals surface area contributed by atoms with Crippen molar-refractivity contribution in [3.8, 4) is 0 Å². The molecule has 3 aromatic carbocycles. The van der Waals surface area contributed by atoms with Gasteiger partial charge in [0.05, 0.1) is 12.1 Å². The Bertz CT molecular complexity index is 910. The molecular weight excluding hydrogens is 400 g/mol. The fraction of sp³-hybridized carbons (Fsp3) is 0.259. The first-order valence-corrected chi connectivity index (χ1v) is 10.9. The van der Waals surface area contributed by atoms with Crippen molar-refractivity contribution in [2.24, 2.45) is 5.92 Å². The zero-order chi connectivity index (χ0) is 23.0. The Morgan fingerprint density at radius 2 is 1.22 bits per heavy atom. The molecule has 0 saturated carbocycles. The fourth-order valence-corrected chi connectivity index (χ4v) is 3.99. The number of nitrogens with one attached hydrogen (secondary N) is 2. The van der Waals surface area contributed by atoms with Crippen molar-refractivity contribution < 1.29 is 14.7 Å². The topological polar surface area (TPSA) is 78.4 Å². The van der Waals surface area contributed by atoms with E-state index in [-0.39, 0.29) is 18.4 Å². The first kappa shape index (κ1) is 23.2. The predicted molar refractivity (Wildman–Crippen MR) is 126 cm³/mol. The Kier molecular flexibility index (Phi) is 7.79. The van der Waals surface area contributed by atoms with Crippen LogP contribution in [0.3, 0.4) is 0 Å². The predicted octanol–water partition coefficient (Wildman–Crippen LogP) is 4.18. The molecule has 0 radical (unpaired) electrons. The van der Waals surface area contributed by atoms with Crippen molar-refractivity contribution in [2.75, 3.05) is 6.54 Å². The average molecular weight is 431 g/mol. The minimum Gasteiger partial charge on any atom is -0.480 e. The van der Waals surface area contributed by atoms with Crippen molar-refractivity contribution >= 4 is 11.9 Å². The molecule has 3 aromatic rings. The van der Waals surface area contributed by atoms with E-state index >= 15 is 0 Å². The summed E-state index contributed by atoms with van der Waals surface area (Å²) in [7, 11) is 0. The second-order valence-corrected chi connectivity index (χ2v) is 7.97. The van der Waals surface area contributed by atoms with E-state index in [2.05, 4.69) is 10.6 Å². The first-order valence-electron chi connectivity index (χ1n) is 10.9. The van der Waals surface area contributed by atoms with Crippen LogP contribution < -0.4 is 10.6 Å². The van der Waals surface area contributed by atoms with Crippen LogP contribution in [0.1, 0.15) is 37.0 Å². The summed E-state index contributed by atoms with van der Waals surface area (Å²) < 4.78 is 0. The molecule has 0 aliphatic rings. The molecule has 0 saturated heterocycles. The summed E-state index contributed by atoms with van der Waals surface area (Å²) in [6.45, 7) is 3.70. The summed E-state index contributed by atoms with van der Waals surface area (Å²) in [5.41, 5.74) is 2.18. The van der Waals surface area contributed by atoms with Gasteiger partial charge in [-0.25, -0.2) is 4.79 Å². The number of hydrogen-bond acceptors (Lipinski definition) is 3. The number of carbonyl (C=O) groups is 2. The second-order valence-electron chi connectivity index (χ2n) is 7.97. The van der Waals surface area contributed by atoms with Crippen molar-refractivity contribution in [1.82, 2.24) is 10.6 Å². The van der Waals surface area contributed by atoms with E-state index in [1.54, 1.807) is 0 Å². The molecule has 2 unspecified atom stereocenters. The molecule has 3 N–H and O–H groups in total. The average Bonchev–Trinajstić information content (AvgIpc) is 2.84. The third-order valence-electron chi connectivity index (χ3n) is 5.93. The Balaban J connectivity index is 2.00. The van der Waals surface area contributed by atoms with E-state index in [0.717, 1.165) is 16.7 Å². The molecule has 1 amide bonds. The van der Waals surface area contributed by atoms with Gasteiger partial charge in [0.25, 0.3) is 0 Å². The molecule has 0 aromatic heterocycles. The zero-order valence-electron chi connectivity index (χ0n) is 18.5. The molecule has 2 atom stereocenters. The zero-order valence-corrected chi connectivity index (χ0v) is 18.5. The van der Waals surface area contributed by atoms with Gasteiger partial charge in [-0.1, -0.05) is 111 Å². The van der Waals surface area contributed by atoms with Crippen molar-refractivity contribution in [2.45, 2.75) is 31.8 Å². The highest BCUT2D eigenvalue weighted by molar-refractivity contribution is 5.85. The summed E-state index contributed by atoms with van der Waals surface area (Å²) in [4.78, 5) is 24.5. The van der Waals surface area contributed by atoms with Gasteiger partial charge in [-0.3, -0.25) is 10.1 Å². The maximum Gasteiger partial charge on any atom is 0.326 e. The van der Waals surface area contributed by atoms with E-state index in [0.29, 0.717) is 6.42 Å². The van der Waals surface area contributed by atoms with Gasteiger partial charge in [0, 0.05) is 0 Å². The lowest BCUT2D eigenvalue weighted by molar-refractivity contribution is -0.143. The number of rotatable bonds is 10. The molecule has 32 heavy (non-hydrogen) atoms. The molecule has 0 aliphatic carbocycles. The number of aliphatic carboxylic acids is 1. The lowest BCUT2D eigenvalue weighted by atomic mass is 9.77. The Labute approximate surface area is 189 Å². The van der Waals surface area contributed by atoms with Crippen LogP contribution in [0.5, 0.6) is 0 Å². The monoisotopic (exact) mass is 430 g/mol. The van der Waals surface area contributed by atoms with E-state index in [4.69, 9.17) is 0 Å². The number of hydrogen-bond donors (Lipinski definition) is 3. The highest BCUT2D eigenvalue weighted by atomic mass is 16.4. The SMILES string of the molecule is CCC(C)C(NC(=O)CNC(c1ccccc1)(c1ccccc1)c1ccccc1)C(=O)O. The molecule has 0 bridgehead atoms. The normalized spacial score (nSPS) is 13.2. The number of benzene rings is 3. The standard InChI is InChI=1S/C27H30N2O3/c1-3-20(2)25(26(31)32)29-24(30)19-28-27(21-13-7-4-8-14-21,22-15-9-5-10-16-22)23-17-11-6-12-18-23/h4-18,20,25,28H,3,19H2,1-2H3,(H,29,30)(H,31,32). The van der Waals surface area contributed by atoms with Crippen molar-refractivity contribution in [3.63, 3.8) is 0 Å². The van der Waals surface area contributed by atoms with Gasteiger partial charge in [-0.05, 0) is 22.6 Å². The minimum atomic E-state index is -1.02. The summed E-state index contributed by atoms with van der Waals surface area (Å²) in [5, 5.41) is 15.7. The highest BCUT2D eigenvalue weighted by Crippen LogP contribution is 2.36. The number of carbonyl (C=O) groups excluding carboxylic acids is 1. The van der Waals surface area contributed by atoms with Gasteiger partial charge in [0.15, 0.2) is 0 Å². The molecule has 0 spiro atoms. The van der Waals surface area contributed by atoms with Crippen LogP contribution >= 0.6 is 0 Å². The smallest absolute Gasteiger partial charge is 0.326 e. The van der Waals surface area contributed by atoms with Crippen molar-refractivity contribution in [1.29, 1.82) is 0 Å². The lowest BCUT2D eigenvalue weighted by Crippen LogP contribution is -2.52. The number of carboxylic acids is 1. The van der Waals surface area contributed by atoms with E-state index in [9.17, 15) is 14.7 Å². The number of amides is 1. The summed E-state index contributed by atoms with van der Waals surface area (Å²) >= 11 is 0. The summed E-state index contributed by atoms with van der Waals surface area (Å²) in [6, 6.07) is 29.0. The van der Waals surface area contributed by atoms with Crippen molar-refractivity contribution in [3.05, 3.63) is 108 Å². The Hall–Kier alpha value is -3.44. The molecule has 0 aliphatic heterocycles. The highest BCUT2D eigenvalue weighted by Gasteiger charge is 2.36. The fourth-order valence-electron chi connectivity index (χ4n) is 3.99. The maximum absolute atomic E-state index is 12.9. The van der Waals surface area contributed by atoms with E-state index in [1.165, 1.54) is 0 Å². The van der Waals surface area contributed by atoms with Gasteiger partial charge in [0.1, 0.15) is 6.04 Å². The molecule has 3 rings (SSSR count). The van der Waals surface area contributed by atoms with E-state index < -0.39 is 17.6 Å².